The van der Waals surface area contributed by atoms with E-state index in [-0.39, 0.29) is 36.7 Å². The van der Waals surface area contributed by atoms with E-state index in [2.05, 4.69) is 61.7 Å². The van der Waals surface area contributed by atoms with Gasteiger partial charge in [-0.1, -0.05) is 69.3 Å². The topological polar surface area (TPSA) is 61.4 Å². The van der Waals surface area contributed by atoms with Crippen molar-refractivity contribution in [1.29, 1.82) is 0 Å². The van der Waals surface area contributed by atoms with Crippen LogP contribution in [0.1, 0.15) is 44.4 Å². The molecule has 3 rings (SSSR count). The van der Waals surface area contributed by atoms with Crippen LogP contribution in [0.2, 0.25) is 0 Å². The third kappa shape index (κ3) is 9.88. The lowest BCUT2D eigenvalue weighted by Gasteiger charge is -2.25. The zero-order chi connectivity index (χ0) is 26.3. The molecule has 0 saturated carbocycles. The molecule has 37 heavy (non-hydrogen) atoms. The minimum atomic E-state index is -0.960. The van der Waals surface area contributed by atoms with Crippen LogP contribution in [0.5, 0.6) is 0 Å². The quantitative estimate of drug-likeness (QED) is 0.308. The number of amides is 1. The van der Waals surface area contributed by atoms with Crippen molar-refractivity contribution < 1.29 is 18.7 Å². The molecule has 0 aliphatic heterocycles. The summed E-state index contributed by atoms with van der Waals surface area (Å²) in [6.07, 6.45) is 0.0816. The standard InChI is InChI=1S/C30H36F2N2O2.ClH/c1-20(35)34-28(15-22-13-25(31)16-26(32)14-22)29(36)19-33-18-24-12-21(17-30(2,3)4)10-11-27(24)23-8-6-5-7-9-23;/h5-14,16,28-29,33,36H,15,17-19H2,1-4H3,(H,34,35);1H/t28-,29+;/m0./s1. The minimum absolute atomic E-state index is 0. The molecule has 7 heteroatoms. The van der Waals surface area contributed by atoms with Crippen LogP contribution in [0.4, 0.5) is 8.78 Å². The fraction of sp³-hybridized carbons (Fsp3) is 0.367. The molecule has 1 amide bonds. The molecular formula is C30H37ClF2N2O2. The Kier molecular flexibility index (Phi) is 11.2. The molecule has 3 N–H and O–H groups in total. The molecule has 0 heterocycles. The van der Waals surface area contributed by atoms with E-state index in [1.54, 1.807) is 0 Å². The van der Waals surface area contributed by atoms with Crippen molar-refractivity contribution in [3.63, 3.8) is 0 Å². The summed E-state index contributed by atoms with van der Waals surface area (Å²) in [5.74, 6) is -1.71. The van der Waals surface area contributed by atoms with Gasteiger partial charge in [0.1, 0.15) is 11.6 Å². The number of nitrogens with one attached hydrogen (secondary N) is 2. The number of halogens is 3. The highest BCUT2D eigenvalue weighted by Gasteiger charge is 2.21. The van der Waals surface area contributed by atoms with Gasteiger partial charge in [-0.15, -0.1) is 12.4 Å². The molecule has 4 nitrogen and oxygen atoms in total. The molecule has 0 radical (unpaired) electrons. The first-order valence-electron chi connectivity index (χ1n) is 12.3. The van der Waals surface area contributed by atoms with Gasteiger partial charge in [0.25, 0.3) is 0 Å². The van der Waals surface area contributed by atoms with Crippen molar-refractivity contribution in [2.24, 2.45) is 5.41 Å². The highest BCUT2D eigenvalue weighted by molar-refractivity contribution is 5.85. The molecule has 0 aromatic heterocycles. The molecule has 0 saturated heterocycles. The molecule has 200 valence electrons. The molecule has 0 aliphatic carbocycles. The van der Waals surface area contributed by atoms with Crippen LogP contribution in [0.3, 0.4) is 0 Å². The smallest absolute Gasteiger partial charge is 0.217 e. The van der Waals surface area contributed by atoms with Gasteiger partial charge in [-0.25, -0.2) is 8.78 Å². The van der Waals surface area contributed by atoms with Crippen molar-refractivity contribution in [1.82, 2.24) is 10.6 Å². The summed E-state index contributed by atoms with van der Waals surface area (Å²) in [6.45, 7) is 8.68. The number of carbonyl (C=O) groups excluding carboxylic acids is 1. The van der Waals surface area contributed by atoms with E-state index in [1.165, 1.54) is 24.6 Å². The van der Waals surface area contributed by atoms with E-state index in [0.29, 0.717) is 12.1 Å². The molecule has 0 spiro atoms. The van der Waals surface area contributed by atoms with E-state index < -0.39 is 23.8 Å². The van der Waals surface area contributed by atoms with Crippen LogP contribution in [0.15, 0.2) is 66.7 Å². The van der Waals surface area contributed by atoms with E-state index in [4.69, 9.17) is 0 Å². The van der Waals surface area contributed by atoms with E-state index >= 15 is 0 Å². The van der Waals surface area contributed by atoms with Crippen LogP contribution in [-0.2, 0) is 24.2 Å². The molecule has 0 bridgehead atoms. The Morgan fingerprint density at radius 3 is 2.19 bits per heavy atom. The molecule has 0 aliphatic rings. The second kappa shape index (κ2) is 13.7. The van der Waals surface area contributed by atoms with Gasteiger partial charge in [0.05, 0.1) is 12.1 Å². The number of hydrogen-bond acceptors (Lipinski definition) is 3. The van der Waals surface area contributed by atoms with Crippen molar-refractivity contribution in [3.8, 4) is 11.1 Å². The van der Waals surface area contributed by atoms with Crippen LogP contribution in [0.25, 0.3) is 11.1 Å². The Morgan fingerprint density at radius 1 is 0.946 bits per heavy atom. The first-order valence-corrected chi connectivity index (χ1v) is 12.3. The van der Waals surface area contributed by atoms with Gasteiger partial charge >= 0.3 is 0 Å². The number of hydrogen-bond donors (Lipinski definition) is 3. The number of carbonyl (C=O) groups is 1. The van der Waals surface area contributed by atoms with Crippen molar-refractivity contribution in [2.45, 2.75) is 59.2 Å². The minimum Gasteiger partial charge on any atom is -0.390 e. The number of aliphatic hydroxyl groups is 1. The summed E-state index contributed by atoms with van der Waals surface area (Å²) < 4.78 is 27.3. The lowest BCUT2D eigenvalue weighted by atomic mass is 9.86. The second-order valence-corrected chi connectivity index (χ2v) is 10.6. The monoisotopic (exact) mass is 530 g/mol. The Hall–Kier alpha value is -2.80. The normalized spacial score (nSPS) is 12.9. The summed E-state index contributed by atoms with van der Waals surface area (Å²) >= 11 is 0. The summed E-state index contributed by atoms with van der Waals surface area (Å²) in [5, 5.41) is 16.9. The molecule has 3 aromatic rings. The number of aliphatic hydroxyl groups excluding tert-OH is 1. The highest BCUT2D eigenvalue weighted by Crippen LogP contribution is 2.28. The molecule has 2 atom stereocenters. The van der Waals surface area contributed by atoms with Gasteiger partial charge in [-0.2, -0.15) is 0 Å². The predicted molar refractivity (Wildman–Crippen MR) is 148 cm³/mol. The Labute approximate surface area is 224 Å². The van der Waals surface area contributed by atoms with Crippen LogP contribution in [0, 0.1) is 17.0 Å². The molecule has 3 aromatic carbocycles. The van der Waals surface area contributed by atoms with Crippen molar-refractivity contribution in [2.75, 3.05) is 6.54 Å². The van der Waals surface area contributed by atoms with E-state index in [1.807, 2.05) is 18.2 Å². The van der Waals surface area contributed by atoms with Crippen LogP contribution < -0.4 is 10.6 Å². The molecule has 0 unspecified atom stereocenters. The van der Waals surface area contributed by atoms with Crippen LogP contribution >= 0.6 is 12.4 Å². The van der Waals surface area contributed by atoms with Crippen molar-refractivity contribution >= 4 is 18.3 Å². The molecule has 0 fully saturated rings. The lowest BCUT2D eigenvalue weighted by Crippen LogP contribution is -2.48. The van der Waals surface area contributed by atoms with Gasteiger partial charge in [0, 0.05) is 26.1 Å². The Balaban J connectivity index is 0.00000481. The zero-order valence-corrected chi connectivity index (χ0v) is 22.7. The van der Waals surface area contributed by atoms with Gasteiger partial charge in [-0.3, -0.25) is 4.79 Å². The highest BCUT2D eigenvalue weighted by atomic mass is 35.5. The summed E-state index contributed by atoms with van der Waals surface area (Å²) in [6, 6.07) is 19.2. The average Bonchev–Trinajstić information content (AvgIpc) is 2.77. The largest absolute Gasteiger partial charge is 0.390 e. The average molecular weight is 531 g/mol. The zero-order valence-electron chi connectivity index (χ0n) is 21.9. The second-order valence-electron chi connectivity index (χ2n) is 10.6. The summed E-state index contributed by atoms with van der Waals surface area (Å²) in [7, 11) is 0. The van der Waals surface area contributed by atoms with Crippen molar-refractivity contribution in [3.05, 3.63) is 95.1 Å². The maximum absolute atomic E-state index is 13.6. The molecular weight excluding hydrogens is 494 g/mol. The van der Waals surface area contributed by atoms with Gasteiger partial charge in [-0.05, 0) is 58.2 Å². The third-order valence-corrected chi connectivity index (χ3v) is 5.89. The summed E-state index contributed by atoms with van der Waals surface area (Å²) in [5.41, 5.74) is 5.09. The van der Waals surface area contributed by atoms with Gasteiger partial charge in [0.15, 0.2) is 0 Å². The van der Waals surface area contributed by atoms with E-state index in [9.17, 15) is 18.7 Å². The number of rotatable bonds is 10. The lowest BCUT2D eigenvalue weighted by molar-refractivity contribution is -0.120. The maximum Gasteiger partial charge on any atom is 0.217 e. The van der Waals surface area contributed by atoms with Gasteiger partial charge < -0.3 is 15.7 Å². The fourth-order valence-electron chi connectivity index (χ4n) is 4.44. The first kappa shape index (κ1) is 30.4. The Morgan fingerprint density at radius 2 is 1.59 bits per heavy atom. The van der Waals surface area contributed by atoms with E-state index in [0.717, 1.165) is 29.2 Å². The number of benzene rings is 3. The maximum atomic E-state index is 13.6. The van der Waals surface area contributed by atoms with Crippen LogP contribution in [-0.4, -0.2) is 29.7 Å². The first-order chi connectivity index (χ1) is 17.0. The summed E-state index contributed by atoms with van der Waals surface area (Å²) in [4.78, 5) is 11.7. The predicted octanol–water partition coefficient (Wildman–Crippen LogP) is 5.84. The third-order valence-electron chi connectivity index (χ3n) is 5.89. The SMILES string of the molecule is CC(=O)N[C@@H](Cc1cc(F)cc(F)c1)[C@H](O)CNCc1cc(CC(C)(C)C)ccc1-c1ccccc1.Cl. The van der Waals surface area contributed by atoms with Gasteiger partial charge in [0.2, 0.25) is 5.91 Å². The fourth-order valence-corrected chi connectivity index (χ4v) is 4.44. The Bertz CT molecular complexity index is 1150.